The fourth-order valence-electron chi connectivity index (χ4n) is 3.78. The molecule has 0 amide bonds. The molecule has 3 heterocycles. The first-order valence-electron chi connectivity index (χ1n) is 11.7. The van der Waals surface area contributed by atoms with E-state index >= 15 is 0 Å². The summed E-state index contributed by atoms with van der Waals surface area (Å²) in [5.41, 5.74) is 3.28. The molecule has 1 saturated heterocycles. The van der Waals surface area contributed by atoms with Gasteiger partial charge in [-0.3, -0.25) is 0 Å². The van der Waals surface area contributed by atoms with E-state index in [4.69, 9.17) is 0 Å². The molecule has 1 aliphatic heterocycles. The second-order valence-corrected chi connectivity index (χ2v) is 9.36. The maximum absolute atomic E-state index is 12.4. The average Bonchev–Trinajstić information content (AvgIpc) is 3.40. The summed E-state index contributed by atoms with van der Waals surface area (Å²) in [5, 5.41) is 14.0. The summed E-state index contributed by atoms with van der Waals surface area (Å²) in [4.78, 5) is 10.9. The number of halogens is 3. The molecule has 0 atom stereocenters. The summed E-state index contributed by atoms with van der Waals surface area (Å²) in [6.07, 6.45) is 1.28. The van der Waals surface area contributed by atoms with Crippen LogP contribution < -0.4 is 9.64 Å². The smallest absolute Gasteiger partial charge is 0.406 e. The summed E-state index contributed by atoms with van der Waals surface area (Å²) in [5.74, 6) is 2.06. The normalized spacial score (nSPS) is 15.4. The van der Waals surface area contributed by atoms with Gasteiger partial charge in [0, 0.05) is 24.1 Å². The summed E-state index contributed by atoms with van der Waals surface area (Å²) < 4.78 is 42.5. The first kappa shape index (κ1) is 25.5. The number of anilines is 1. The third-order valence-electron chi connectivity index (χ3n) is 5.57. The van der Waals surface area contributed by atoms with Crippen LogP contribution in [0.2, 0.25) is 0 Å². The van der Waals surface area contributed by atoms with Gasteiger partial charge in [0.05, 0.1) is 11.9 Å². The molecule has 8 nitrogen and oxygen atoms in total. The van der Waals surface area contributed by atoms with Crippen molar-refractivity contribution < 1.29 is 17.9 Å². The van der Waals surface area contributed by atoms with Crippen LogP contribution in [-0.2, 0) is 0 Å². The summed E-state index contributed by atoms with van der Waals surface area (Å²) in [6, 6.07) is 16.9. The molecule has 1 fully saturated rings. The van der Waals surface area contributed by atoms with E-state index in [-0.39, 0.29) is 5.75 Å². The van der Waals surface area contributed by atoms with Gasteiger partial charge in [0.15, 0.2) is 11.0 Å². The number of benzene rings is 2. The Bertz CT molecular complexity index is 1450. The van der Waals surface area contributed by atoms with Crippen molar-refractivity contribution in [2.24, 2.45) is 10.2 Å². The number of pyridine rings is 1. The number of aryl methyl sites for hydroxylation is 1. The Balaban J connectivity index is 1.26. The molecule has 1 aliphatic rings. The third-order valence-corrected chi connectivity index (χ3v) is 6.62. The molecule has 194 valence electrons. The molecule has 2 aromatic heterocycles. The third kappa shape index (κ3) is 6.20. The van der Waals surface area contributed by atoms with E-state index in [0.717, 1.165) is 46.4 Å². The molecule has 0 radical (unpaired) electrons. The molecule has 0 N–H and O–H groups in total. The largest absolute Gasteiger partial charge is 0.573 e. The highest BCUT2D eigenvalue weighted by atomic mass is 32.2. The topological polar surface area (TPSA) is 80.8 Å². The minimum absolute atomic E-state index is 0.300. The van der Waals surface area contributed by atoms with E-state index < -0.39 is 6.36 Å². The van der Waals surface area contributed by atoms with E-state index in [0.29, 0.717) is 11.5 Å². The highest BCUT2D eigenvalue weighted by Crippen LogP contribution is 2.26. The van der Waals surface area contributed by atoms with E-state index in [2.05, 4.69) is 34.9 Å². The maximum Gasteiger partial charge on any atom is 0.573 e. The van der Waals surface area contributed by atoms with Crippen LogP contribution in [0.25, 0.3) is 17.1 Å². The van der Waals surface area contributed by atoms with E-state index in [9.17, 15) is 13.2 Å². The highest BCUT2D eigenvalue weighted by Gasteiger charge is 2.31. The molecular weight excluding hydrogens is 515 g/mol. The Morgan fingerprint density at radius 2 is 1.82 bits per heavy atom. The number of nitrogens with zero attached hydrogens (tertiary/aromatic N) is 7. The lowest BCUT2D eigenvalue weighted by atomic mass is 10.1. The van der Waals surface area contributed by atoms with Gasteiger partial charge in [0.25, 0.3) is 0 Å². The molecular formula is C26H22F3N7OS. The second kappa shape index (κ2) is 11.1. The quantitative estimate of drug-likeness (QED) is 0.226. The van der Waals surface area contributed by atoms with Crippen molar-refractivity contribution in [3.05, 3.63) is 84.3 Å². The average molecular weight is 538 g/mol. The minimum Gasteiger partial charge on any atom is -0.406 e. The Hall–Kier alpha value is -4.19. The first-order valence-corrected chi connectivity index (χ1v) is 12.7. The summed E-state index contributed by atoms with van der Waals surface area (Å²) >= 11 is 1.66. The maximum atomic E-state index is 12.4. The van der Waals surface area contributed by atoms with Crippen LogP contribution in [0.3, 0.4) is 0 Å². The lowest BCUT2D eigenvalue weighted by Gasteiger charge is -2.28. The SMILES string of the molecule is Cc1cccnc1N1CCCSC1=NN=Cc1ccc(-c2ncn(-c3ccc(OC(F)(F)F)cc3)n2)cc1. The summed E-state index contributed by atoms with van der Waals surface area (Å²) in [7, 11) is 0. The predicted octanol–water partition coefficient (Wildman–Crippen LogP) is 5.87. The number of ether oxygens (including phenoxy) is 1. The molecule has 0 bridgehead atoms. The van der Waals surface area contributed by atoms with Crippen LogP contribution in [0.15, 0.2) is 83.4 Å². The van der Waals surface area contributed by atoms with Crippen molar-refractivity contribution in [3.8, 4) is 22.8 Å². The van der Waals surface area contributed by atoms with Gasteiger partial charge in [-0.1, -0.05) is 42.1 Å². The van der Waals surface area contributed by atoms with Gasteiger partial charge in [0.1, 0.15) is 17.9 Å². The number of amidine groups is 1. The predicted molar refractivity (Wildman–Crippen MR) is 142 cm³/mol. The zero-order valence-electron chi connectivity index (χ0n) is 20.2. The van der Waals surface area contributed by atoms with Crippen molar-refractivity contribution in [2.75, 3.05) is 17.2 Å². The molecule has 0 spiro atoms. The number of hydrogen-bond donors (Lipinski definition) is 0. The minimum atomic E-state index is -4.74. The number of aromatic nitrogens is 4. The first-order chi connectivity index (χ1) is 18.4. The number of thioether (sulfide) groups is 1. The monoisotopic (exact) mass is 537 g/mol. The van der Waals surface area contributed by atoms with Gasteiger partial charge in [-0.2, -0.15) is 5.10 Å². The van der Waals surface area contributed by atoms with E-state index in [1.807, 2.05) is 43.3 Å². The van der Waals surface area contributed by atoms with Crippen LogP contribution in [0.5, 0.6) is 5.75 Å². The molecule has 5 rings (SSSR count). The van der Waals surface area contributed by atoms with Gasteiger partial charge in [-0.25, -0.2) is 14.6 Å². The molecule has 0 aliphatic carbocycles. The number of rotatable bonds is 6. The fourth-order valence-corrected chi connectivity index (χ4v) is 4.68. The fraction of sp³-hybridized carbons (Fsp3) is 0.192. The Morgan fingerprint density at radius 3 is 2.55 bits per heavy atom. The molecule has 0 unspecified atom stereocenters. The van der Waals surface area contributed by atoms with Crippen LogP contribution in [-0.4, -0.2) is 49.8 Å². The lowest BCUT2D eigenvalue weighted by molar-refractivity contribution is -0.274. The standard InChI is InChI=1S/C26H22F3N7OS/c1-18-4-2-13-30-24(18)35-14-3-15-38-25(35)33-32-16-19-5-7-20(8-6-19)23-31-17-36(34-23)21-9-11-22(12-10-21)37-26(27,28)29/h2,4-13,16-17H,3,14-15H2,1H3. The van der Waals surface area contributed by atoms with Crippen LogP contribution in [0, 0.1) is 6.92 Å². The Kier molecular flexibility index (Phi) is 7.40. The zero-order chi connectivity index (χ0) is 26.5. The van der Waals surface area contributed by atoms with Crippen LogP contribution in [0.4, 0.5) is 19.0 Å². The van der Waals surface area contributed by atoms with Crippen molar-refractivity contribution >= 4 is 29.0 Å². The molecule has 0 saturated carbocycles. The Labute approximate surface area is 220 Å². The van der Waals surface area contributed by atoms with Crippen molar-refractivity contribution in [2.45, 2.75) is 19.7 Å². The van der Waals surface area contributed by atoms with Gasteiger partial charge in [0.2, 0.25) is 0 Å². The molecule has 38 heavy (non-hydrogen) atoms. The highest BCUT2D eigenvalue weighted by molar-refractivity contribution is 8.14. The van der Waals surface area contributed by atoms with Crippen LogP contribution in [0.1, 0.15) is 17.5 Å². The van der Waals surface area contributed by atoms with Gasteiger partial charge in [-0.05, 0) is 54.8 Å². The van der Waals surface area contributed by atoms with E-state index in [1.54, 1.807) is 24.2 Å². The molecule has 12 heteroatoms. The van der Waals surface area contributed by atoms with Gasteiger partial charge in [-0.15, -0.1) is 23.4 Å². The van der Waals surface area contributed by atoms with Crippen molar-refractivity contribution in [1.29, 1.82) is 0 Å². The summed E-state index contributed by atoms with van der Waals surface area (Å²) in [6.45, 7) is 2.88. The van der Waals surface area contributed by atoms with Crippen LogP contribution >= 0.6 is 11.8 Å². The number of hydrogen-bond acceptors (Lipinski definition) is 7. The van der Waals surface area contributed by atoms with E-state index in [1.165, 1.54) is 35.3 Å². The molecule has 2 aromatic carbocycles. The zero-order valence-corrected chi connectivity index (χ0v) is 21.0. The van der Waals surface area contributed by atoms with Gasteiger partial charge >= 0.3 is 6.36 Å². The van der Waals surface area contributed by atoms with Gasteiger partial charge < -0.3 is 9.64 Å². The van der Waals surface area contributed by atoms with Crippen molar-refractivity contribution in [1.82, 2.24) is 19.7 Å². The lowest BCUT2D eigenvalue weighted by Crippen LogP contribution is -2.35. The number of alkyl halides is 3. The molecule has 4 aromatic rings. The Morgan fingerprint density at radius 1 is 1.03 bits per heavy atom. The second-order valence-electron chi connectivity index (χ2n) is 8.30. The van der Waals surface area contributed by atoms with Crippen molar-refractivity contribution in [3.63, 3.8) is 0 Å².